The minimum absolute atomic E-state index is 0.0544. The van der Waals surface area contributed by atoms with Gasteiger partial charge in [0.1, 0.15) is 0 Å². The van der Waals surface area contributed by atoms with E-state index in [0.29, 0.717) is 25.2 Å². The number of aliphatic carboxylic acids is 2. The van der Waals surface area contributed by atoms with Crippen molar-refractivity contribution in [3.8, 4) is 0 Å². The Morgan fingerprint density at radius 1 is 0.932 bits per heavy atom. The number of carbonyl (C=O) groups excluding carboxylic acids is 4. The average molecular weight is 615 g/mol. The van der Waals surface area contributed by atoms with E-state index in [4.69, 9.17) is 14.9 Å². The van der Waals surface area contributed by atoms with E-state index in [1.165, 1.54) is 6.08 Å². The molecule has 2 rings (SSSR count). The lowest BCUT2D eigenvalue weighted by Gasteiger charge is -2.04. The lowest BCUT2D eigenvalue weighted by atomic mass is 10.1. The van der Waals surface area contributed by atoms with Crippen molar-refractivity contribution in [2.45, 2.75) is 58.8 Å². The third-order valence-corrected chi connectivity index (χ3v) is 4.92. The average Bonchev–Trinajstić information content (AvgIpc) is 3.28. The molecule has 0 amide bonds. The molecule has 1 aromatic rings. The molecule has 240 valence electrons. The second-order valence-corrected chi connectivity index (χ2v) is 8.86. The molecule has 0 aliphatic carbocycles. The summed E-state index contributed by atoms with van der Waals surface area (Å²) in [6.07, 6.45) is 9.06. The van der Waals surface area contributed by atoms with Gasteiger partial charge in [0.05, 0.1) is 26.1 Å². The van der Waals surface area contributed by atoms with Gasteiger partial charge in [-0.15, -0.1) is 0 Å². The number of allylic oxidation sites excluding steroid dienone is 1. The molecule has 2 N–H and O–H groups in total. The van der Waals surface area contributed by atoms with Gasteiger partial charge in [-0.1, -0.05) is 95.5 Å². The summed E-state index contributed by atoms with van der Waals surface area (Å²) in [7, 11) is 0. The van der Waals surface area contributed by atoms with E-state index in [1.807, 2.05) is 49.4 Å². The number of carboxylic acids is 2. The molecule has 0 aromatic heterocycles. The van der Waals surface area contributed by atoms with Crippen LogP contribution in [0.25, 0.3) is 6.08 Å². The maximum absolute atomic E-state index is 11.5. The number of carboxylic acid groups (broad SMARTS) is 2. The molecule has 1 saturated heterocycles. The van der Waals surface area contributed by atoms with E-state index < -0.39 is 30.3 Å². The van der Waals surface area contributed by atoms with Crippen molar-refractivity contribution in [1.82, 2.24) is 0 Å². The van der Waals surface area contributed by atoms with Gasteiger partial charge < -0.3 is 24.4 Å². The molecule has 11 heteroatoms. The van der Waals surface area contributed by atoms with Crippen LogP contribution in [0, 0.1) is 0 Å². The molecule has 1 aliphatic heterocycles. The summed E-state index contributed by atoms with van der Waals surface area (Å²) in [5.41, 5.74) is 1.56. The second-order valence-electron chi connectivity index (χ2n) is 8.86. The Bertz CT molecular complexity index is 1160. The minimum atomic E-state index is -1.27. The Hall–Kier alpha value is -5.06. The summed E-state index contributed by atoms with van der Waals surface area (Å²) in [5.74, 6) is -4.15. The smallest absolute Gasteiger partial charge is 0.341 e. The fourth-order valence-electron chi connectivity index (χ4n) is 2.49. The zero-order chi connectivity index (χ0) is 33.9. The van der Waals surface area contributed by atoms with Gasteiger partial charge in [0, 0.05) is 22.8 Å². The number of hydrogen-bond acceptors (Lipinski definition) is 9. The quantitative estimate of drug-likeness (QED) is 0.0876. The van der Waals surface area contributed by atoms with Gasteiger partial charge in [0.2, 0.25) is 0 Å². The first kappa shape index (κ1) is 41.1. The van der Waals surface area contributed by atoms with Crippen LogP contribution in [0.4, 0.5) is 0 Å². The van der Waals surface area contributed by atoms with Gasteiger partial charge in [0.25, 0.3) is 0 Å². The normalized spacial score (nSPS) is 11.3. The zero-order valence-electron chi connectivity index (χ0n) is 25.4. The molecule has 0 spiro atoms. The molecule has 11 nitrogen and oxygen atoms in total. The van der Waals surface area contributed by atoms with E-state index >= 15 is 0 Å². The first-order valence-corrected chi connectivity index (χ1v) is 13.7. The predicted molar refractivity (Wildman–Crippen MR) is 165 cm³/mol. The predicted octanol–water partition coefficient (Wildman–Crippen LogP) is 5.62. The first-order valence-electron chi connectivity index (χ1n) is 13.7. The summed E-state index contributed by atoms with van der Waals surface area (Å²) >= 11 is 0. The fraction of sp³-hybridized carbons (Fsp3) is 0.333. The molecule has 44 heavy (non-hydrogen) atoms. The van der Waals surface area contributed by atoms with Crippen LogP contribution >= 0.6 is 0 Å². The highest BCUT2D eigenvalue weighted by Gasteiger charge is 2.24. The van der Waals surface area contributed by atoms with Crippen LogP contribution in [0.5, 0.6) is 0 Å². The maximum Gasteiger partial charge on any atom is 0.341 e. The monoisotopic (exact) mass is 614 g/mol. The van der Waals surface area contributed by atoms with Crippen molar-refractivity contribution in [1.29, 1.82) is 0 Å². The summed E-state index contributed by atoms with van der Waals surface area (Å²) in [6.45, 7) is 18.4. The van der Waals surface area contributed by atoms with Crippen molar-refractivity contribution in [2.75, 3.05) is 13.2 Å². The van der Waals surface area contributed by atoms with Crippen molar-refractivity contribution in [3.63, 3.8) is 0 Å². The summed E-state index contributed by atoms with van der Waals surface area (Å²) in [6, 6.07) is 9.96. The summed E-state index contributed by atoms with van der Waals surface area (Å²) < 4.78 is 13.8. The number of benzene rings is 1. The van der Waals surface area contributed by atoms with Crippen molar-refractivity contribution in [2.24, 2.45) is 0 Å². The highest BCUT2D eigenvalue weighted by Crippen LogP contribution is 2.11. The molecule has 0 radical (unpaired) electrons. The fourth-order valence-corrected chi connectivity index (χ4v) is 2.49. The van der Waals surface area contributed by atoms with E-state index in [-0.39, 0.29) is 29.5 Å². The van der Waals surface area contributed by atoms with Gasteiger partial charge in [0.15, 0.2) is 0 Å². The molecule has 1 aliphatic rings. The Kier molecular flexibility index (Phi) is 23.9. The lowest BCUT2D eigenvalue weighted by Crippen LogP contribution is -2.07. The Morgan fingerprint density at radius 2 is 1.50 bits per heavy atom. The maximum atomic E-state index is 11.5. The SMILES string of the molecule is C=C(CC(=O)O)C(=O)O.C=C(CC=Cc1ccccc1)C(=O)OCCCC.C=C1CC(=O)OC1=O.C=CC(=O)OCCCC. The van der Waals surface area contributed by atoms with Crippen molar-refractivity contribution < 1.29 is 53.2 Å². The number of carbonyl (C=O) groups is 6. The van der Waals surface area contributed by atoms with Gasteiger partial charge in [-0.3, -0.25) is 9.59 Å². The Balaban J connectivity index is 0. The van der Waals surface area contributed by atoms with E-state index in [0.717, 1.165) is 31.2 Å². The summed E-state index contributed by atoms with van der Waals surface area (Å²) in [4.78, 5) is 61.9. The van der Waals surface area contributed by atoms with E-state index in [9.17, 15) is 28.8 Å². The topological polar surface area (TPSA) is 171 Å². The van der Waals surface area contributed by atoms with Gasteiger partial charge in [-0.05, 0) is 24.8 Å². The number of cyclic esters (lactones) is 2. The van der Waals surface area contributed by atoms with Crippen LogP contribution in [0.1, 0.15) is 64.4 Å². The molecule has 0 atom stereocenters. The number of rotatable bonds is 14. The molecule has 1 fully saturated rings. The third-order valence-electron chi connectivity index (χ3n) is 4.92. The zero-order valence-corrected chi connectivity index (χ0v) is 25.4. The standard InChI is InChI=1S/C16H20O2.C7H12O2.C5H6O4.C5H4O3/c1-3-4-13-18-16(17)14(2)9-8-12-15-10-6-5-7-11-15;1-3-5-6-9-7(8)4-2;1-3(5(8)9)2-4(6)7;1-3-2-4(6)8-5(3)7/h5-8,10-12H,2-4,9,13H2,1H3;4H,2-3,5-6H2,1H3;1-2H2,(H,6,7)(H,8,9);1-2H2. The van der Waals surface area contributed by atoms with E-state index in [2.05, 4.69) is 42.7 Å². The van der Waals surface area contributed by atoms with Crippen molar-refractivity contribution >= 4 is 41.9 Å². The van der Waals surface area contributed by atoms with Crippen LogP contribution in [-0.2, 0) is 43.0 Å². The van der Waals surface area contributed by atoms with E-state index in [1.54, 1.807) is 0 Å². The van der Waals surface area contributed by atoms with Crippen LogP contribution in [-0.4, -0.2) is 59.2 Å². The molecular formula is C33H42O11. The number of esters is 4. The highest BCUT2D eigenvalue weighted by molar-refractivity contribution is 6.05. The number of unbranched alkanes of at least 4 members (excludes halogenated alkanes) is 2. The Morgan fingerprint density at radius 3 is 1.89 bits per heavy atom. The van der Waals surface area contributed by atoms with Crippen LogP contribution in [0.15, 0.2) is 85.5 Å². The molecule has 1 aromatic carbocycles. The van der Waals surface area contributed by atoms with Gasteiger partial charge in [-0.2, -0.15) is 0 Å². The van der Waals surface area contributed by atoms with Crippen molar-refractivity contribution in [3.05, 3.63) is 91.1 Å². The number of ether oxygens (including phenoxy) is 3. The van der Waals surface area contributed by atoms with Crippen LogP contribution < -0.4 is 0 Å². The lowest BCUT2D eigenvalue weighted by molar-refractivity contribution is -0.151. The van der Waals surface area contributed by atoms with Crippen LogP contribution in [0.3, 0.4) is 0 Å². The van der Waals surface area contributed by atoms with Crippen LogP contribution in [0.2, 0.25) is 0 Å². The molecule has 0 unspecified atom stereocenters. The molecule has 1 heterocycles. The minimum Gasteiger partial charge on any atom is -0.481 e. The first-order chi connectivity index (χ1) is 20.8. The van der Waals surface area contributed by atoms with Gasteiger partial charge in [-0.25, -0.2) is 19.2 Å². The molecular weight excluding hydrogens is 572 g/mol. The molecule has 0 bridgehead atoms. The number of hydrogen-bond donors (Lipinski definition) is 2. The largest absolute Gasteiger partial charge is 0.481 e. The van der Waals surface area contributed by atoms with Gasteiger partial charge >= 0.3 is 35.8 Å². The summed E-state index contributed by atoms with van der Waals surface area (Å²) in [5, 5.41) is 16.1. The molecule has 0 saturated carbocycles. The highest BCUT2D eigenvalue weighted by atomic mass is 16.6. The second kappa shape index (κ2) is 25.6. The Labute approximate surface area is 258 Å². The third kappa shape index (κ3) is 23.6.